The molecule has 1 N–H and O–H groups in total. The molecule has 1 aliphatic heterocycles. The molecule has 4 heteroatoms. The molecule has 2 unspecified atom stereocenters. The maximum atomic E-state index is 5.57. The summed E-state index contributed by atoms with van der Waals surface area (Å²) in [6.45, 7) is 4.94. The summed E-state index contributed by atoms with van der Waals surface area (Å²) in [6, 6.07) is 2.00. The number of aromatic amines is 1. The topological polar surface area (TPSA) is 50.8 Å². The monoisotopic (exact) mass is 217 g/mol. The molecule has 1 aliphatic rings. The quantitative estimate of drug-likeness (QED) is 0.796. The first-order chi connectivity index (χ1) is 7.74. The number of fused-ring (bicyclic) bond motifs is 1. The van der Waals surface area contributed by atoms with E-state index in [2.05, 4.69) is 28.8 Å². The highest BCUT2D eigenvalue weighted by atomic mass is 16.5. The highest BCUT2D eigenvalue weighted by molar-refractivity contribution is 5.74. The SMILES string of the molecule is Cc1ccnc2nc(C3COC(C)C3)[nH]c12. The Hall–Kier alpha value is -1.42. The average Bonchev–Trinajstić information content (AvgIpc) is 2.84. The van der Waals surface area contributed by atoms with Gasteiger partial charge in [0.15, 0.2) is 5.65 Å². The third kappa shape index (κ3) is 1.50. The van der Waals surface area contributed by atoms with E-state index in [-0.39, 0.29) is 0 Å². The van der Waals surface area contributed by atoms with Crippen LogP contribution in [0.5, 0.6) is 0 Å². The van der Waals surface area contributed by atoms with Gasteiger partial charge in [0.2, 0.25) is 0 Å². The van der Waals surface area contributed by atoms with Crippen molar-refractivity contribution >= 4 is 11.2 Å². The van der Waals surface area contributed by atoms with E-state index in [1.807, 2.05) is 6.07 Å². The van der Waals surface area contributed by atoms with Crippen LogP contribution in [0.15, 0.2) is 12.3 Å². The van der Waals surface area contributed by atoms with Gasteiger partial charge in [0.25, 0.3) is 0 Å². The molecular formula is C12H15N3O. The lowest BCUT2D eigenvalue weighted by molar-refractivity contribution is 0.123. The van der Waals surface area contributed by atoms with Crippen molar-refractivity contribution in [3.63, 3.8) is 0 Å². The summed E-state index contributed by atoms with van der Waals surface area (Å²) in [6.07, 6.45) is 3.18. The fraction of sp³-hybridized carbons (Fsp3) is 0.500. The highest BCUT2D eigenvalue weighted by Crippen LogP contribution is 2.28. The maximum absolute atomic E-state index is 5.57. The third-order valence-electron chi connectivity index (χ3n) is 3.20. The van der Waals surface area contributed by atoms with E-state index >= 15 is 0 Å². The second-order valence-corrected chi connectivity index (χ2v) is 4.53. The minimum absolute atomic E-state index is 0.340. The molecule has 0 radical (unpaired) electrons. The van der Waals surface area contributed by atoms with Crippen molar-refractivity contribution in [2.45, 2.75) is 32.3 Å². The van der Waals surface area contributed by atoms with Gasteiger partial charge < -0.3 is 9.72 Å². The number of hydrogen-bond donors (Lipinski definition) is 1. The molecule has 2 aromatic rings. The number of pyridine rings is 1. The zero-order valence-electron chi connectivity index (χ0n) is 9.53. The Bertz CT molecular complexity index is 520. The molecule has 0 aliphatic carbocycles. The fourth-order valence-electron chi connectivity index (χ4n) is 2.25. The molecule has 2 atom stereocenters. The summed E-state index contributed by atoms with van der Waals surface area (Å²) < 4.78 is 5.57. The molecular weight excluding hydrogens is 202 g/mol. The van der Waals surface area contributed by atoms with Gasteiger partial charge in [-0.15, -0.1) is 0 Å². The maximum Gasteiger partial charge on any atom is 0.177 e. The molecule has 16 heavy (non-hydrogen) atoms. The molecule has 0 bridgehead atoms. The molecule has 2 aromatic heterocycles. The standard InChI is InChI=1S/C12H15N3O/c1-7-3-4-13-12-10(7)14-11(15-12)9-5-8(2)16-6-9/h3-4,8-9H,5-6H2,1-2H3,(H,13,14,15). The summed E-state index contributed by atoms with van der Waals surface area (Å²) in [5, 5.41) is 0. The van der Waals surface area contributed by atoms with Gasteiger partial charge in [0.1, 0.15) is 5.82 Å². The summed E-state index contributed by atoms with van der Waals surface area (Å²) in [4.78, 5) is 12.2. The van der Waals surface area contributed by atoms with Crippen molar-refractivity contribution in [2.75, 3.05) is 6.61 Å². The van der Waals surface area contributed by atoms with Crippen LogP contribution in [0.1, 0.15) is 30.7 Å². The van der Waals surface area contributed by atoms with E-state index in [9.17, 15) is 0 Å². The molecule has 0 saturated carbocycles. The Labute approximate surface area is 94.1 Å². The fourth-order valence-corrected chi connectivity index (χ4v) is 2.25. The van der Waals surface area contributed by atoms with E-state index in [1.165, 1.54) is 5.56 Å². The second kappa shape index (κ2) is 3.56. The summed E-state index contributed by atoms with van der Waals surface area (Å²) >= 11 is 0. The lowest BCUT2D eigenvalue weighted by Gasteiger charge is -2.01. The van der Waals surface area contributed by atoms with E-state index in [4.69, 9.17) is 4.74 Å². The zero-order chi connectivity index (χ0) is 11.1. The lowest BCUT2D eigenvalue weighted by Crippen LogP contribution is -2.00. The van der Waals surface area contributed by atoms with Crippen LogP contribution in [0.3, 0.4) is 0 Å². The number of nitrogens with zero attached hydrogens (tertiary/aromatic N) is 2. The van der Waals surface area contributed by atoms with Crippen molar-refractivity contribution in [1.82, 2.24) is 15.0 Å². The molecule has 3 rings (SSSR count). The average molecular weight is 217 g/mol. The molecule has 4 nitrogen and oxygen atoms in total. The number of nitrogens with one attached hydrogen (secondary N) is 1. The van der Waals surface area contributed by atoms with Crippen molar-refractivity contribution in [3.05, 3.63) is 23.7 Å². The van der Waals surface area contributed by atoms with Crippen LogP contribution < -0.4 is 0 Å². The van der Waals surface area contributed by atoms with Crippen LogP contribution in [0.25, 0.3) is 11.2 Å². The van der Waals surface area contributed by atoms with Gasteiger partial charge >= 0.3 is 0 Å². The van der Waals surface area contributed by atoms with Gasteiger partial charge in [0, 0.05) is 12.1 Å². The largest absolute Gasteiger partial charge is 0.378 e. The van der Waals surface area contributed by atoms with E-state index < -0.39 is 0 Å². The number of aryl methyl sites for hydroxylation is 1. The predicted molar refractivity (Wildman–Crippen MR) is 61.4 cm³/mol. The molecule has 1 saturated heterocycles. The van der Waals surface area contributed by atoms with E-state index in [0.717, 1.165) is 30.0 Å². The zero-order valence-corrected chi connectivity index (χ0v) is 9.53. The van der Waals surface area contributed by atoms with Gasteiger partial charge in [-0.05, 0) is 31.9 Å². The molecule has 0 spiro atoms. The predicted octanol–water partition coefficient (Wildman–Crippen LogP) is 2.16. The first-order valence-electron chi connectivity index (χ1n) is 5.67. The lowest BCUT2D eigenvalue weighted by atomic mass is 10.1. The Kier molecular flexibility index (Phi) is 2.17. The smallest absolute Gasteiger partial charge is 0.177 e. The van der Waals surface area contributed by atoms with Crippen LogP contribution in [-0.4, -0.2) is 27.7 Å². The normalized spacial score (nSPS) is 25.4. The minimum Gasteiger partial charge on any atom is -0.378 e. The van der Waals surface area contributed by atoms with Crippen molar-refractivity contribution in [1.29, 1.82) is 0 Å². The number of ether oxygens (including phenoxy) is 1. The number of rotatable bonds is 1. The molecule has 0 aromatic carbocycles. The summed E-state index contributed by atoms with van der Waals surface area (Å²) in [5.74, 6) is 1.41. The second-order valence-electron chi connectivity index (χ2n) is 4.53. The number of hydrogen-bond acceptors (Lipinski definition) is 3. The first-order valence-corrected chi connectivity index (χ1v) is 5.67. The van der Waals surface area contributed by atoms with Crippen LogP contribution in [0.2, 0.25) is 0 Å². The van der Waals surface area contributed by atoms with E-state index in [1.54, 1.807) is 6.20 Å². The van der Waals surface area contributed by atoms with Crippen molar-refractivity contribution in [2.24, 2.45) is 0 Å². The Morgan fingerprint density at radius 1 is 1.50 bits per heavy atom. The van der Waals surface area contributed by atoms with Gasteiger partial charge in [-0.2, -0.15) is 0 Å². The number of imidazole rings is 1. The molecule has 0 amide bonds. The van der Waals surface area contributed by atoms with Gasteiger partial charge in [0.05, 0.1) is 18.2 Å². The molecule has 3 heterocycles. The minimum atomic E-state index is 0.340. The van der Waals surface area contributed by atoms with Crippen LogP contribution in [0.4, 0.5) is 0 Å². The van der Waals surface area contributed by atoms with E-state index in [0.29, 0.717) is 12.0 Å². The van der Waals surface area contributed by atoms with Gasteiger partial charge in [-0.25, -0.2) is 9.97 Å². The number of aromatic nitrogens is 3. The molecule has 84 valence electrons. The summed E-state index contributed by atoms with van der Waals surface area (Å²) in [7, 11) is 0. The third-order valence-corrected chi connectivity index (χ3v) is 3.20. The van der Waals surface area contributed by atoms with Crippen LogP contribution >= 0.6 is 0 Å². The first kappa shape index (κ1) is 9.78. The van der Waals surface area contributed by atoms with Crippen molar-refractivity contribution < 1.29 is 4.74 Å². The Balaban J connectivity index is 2.02. The Morgan fingerprint density at radius 2 is 2.38 bits per heavy atom. The van der Waals surface area contributed by atoms with Gasteiger partial charge in [-0.3, -0.25) is 0 Å². The van der Waals surface area contributed by atoms with Crippen molar-refractivity contribution in [3.8, 4) is 0 Å². The molecule has 1 fully saturated rings. The Morgan fingerprint density at radius 3 is 3.06 bits per heavy atom. The van der Waals surface area contributed by atoms with Crippen LogP contribution in [-0.2, 0) is 4.74 Å². The number of H-pyrrole nitrogens is 1. The highest BCUT2D eigenvalue weighted by Gasteiger charge is 2.26. The summed E-state index contributed by atoms with van der Waals surface area (Å²) in [5.41, 5.74) is 3.06. The van der Waals surface area contributed by atoms with Gasteiger partial charge in [-0.1, -0.05) is 0 Å². The van der Waals surface area contributed by atoms with Crippen LogP contribution in [0, 0.1) is 6.92 Å².